The third-order valence-corrected chi connectivity index (χ3v) is 3.10. The van der Waals surface area contributed by atoms with Gasteiger partial charge in [-0.05, 0) is 44.0 Å². The maximum atomic E-state index is 11.1. The fourth-order valence-electron chi connectivity index (χ4n) is 1.48. The van der Waals surface area contributed by atoms with E-state index in [1.54, 1.807) is 31.2 Å². The SMILES string of the molecule is C=C(C)C(=O)OCCCCOc1ccc(OCOP(=O)(O)O)cc1. The number of carbonyl (C=O) groups is 1. The van der Waals surface area contributed by atoms with Gasteiger partial charge in [0.05, 0.1) is 13.2 Å². The van der Waals surface area contributed by atoms with Crippen LogP contribution in [0.4, 0.5) is 0 Å². The van der Waals surface area contributed by atoms with Crippen LogP contribution in [0.1, 0.15) is 19.8 Å². The molecule has 0 aliphatic carbocycles. The Morgan fingerprint density at radius 3 is 2.17 bits per heavy atom. The van der Waals surface area contributed by atoms with Gasteiger partial charge in [-0.3, -0.25) is 0 Å². The molecule has 134 valence electrons. The first kappa shape index (κ1) is 20.2. The Morgan fingerprint density at radius 2 is 1.62 bits per heavy atom. The third-order valence-electron chi connectivity index (χ3n) is 2.66. The summed E-state index contributed by atoms with van der Waals surface area (Å²) in [6.45, 7) is 5.32. The van der Waals surface area contributed by atoms with Gasteiger partial charge in [0.2, 0.25) is 0 Å². The van der Waals surface area contributed by atoms with Crippen molar-refractivity contribution >= 4 is 13.8 Å². The van der Waals surface area contributed by atoms with Crippen molar-refractivity contribution in [1.82, 2.24) is 0 Å². The Kier molecular flexibility index (Phi) is 8.49. The molecule has 1 aromatic carbocycles. The van der Waals surface area contributed by atoms with Crippen LogP contribution in [-0.2, 0) is 18.6 Å². The average Bonchev–Trinajstić information content (AvgIpc) is 2.50. The van der Waals surface area contributed by atoms with E-state index in [1.807, 2.05) is 0 Å². The molecule has 0 aromatic heterocycles. The quantitative estimate of drug-likeness (QED) is 0.203. The molecule has 0 atom stereocenters. The zero-order valence-corrected chi connectivity index (χ0v) is 14.2. The third kappa shape index (κ3) is 9.32. The van der Waals surface area contributed by atoms with Crippen LogP contribution < -0.4 is 9.47 Å². The summed E-state index contributed by atoms with van der Waals surface area (Å²) in [4.78, 5) is 28.2. The highest BCUT2D eigenvalue weighted by molar-refractivity contribution is 7.46. The van der Waals surface area contributed by atoms with E-state index in [2.05, 4.69) is 11.1 Å². The van der Waals surface area contributed by atoms with Crippen molar-refractivity contribution in [1.29, 1.82) is 0 Å². The van der Waals surface area contributed by atoms with Gasteiger partial charge in [0.15, 0.2) is 6.79 Å². The molecule has 0 saturated heterocycles. The van der Waals surface area contributed by atoms with E-state index in [-0.39, 0.29) is 0 Å². The van der Waals surface area contributed by atoms with Crippen molar-refractivity contribution in [3.05, 3.63) is 36.4 Å². The number of phosphoric ester groups is 1. The minimum absolute atomic E-state index is 0.321. The Balaban J connectivity index is 2.17. The summed E-state index contributed by atoms with van der Waals surface area (Å²) in [6, 6.07) is 6.50. The number of rotatable bonds is 11. The van der Waals surface area contributed by atoms with Crippen molar-refractivity contribution in [2.45, 2.75) is 19.8 Å². The molecule has 0 amide bonds. The lowest BCUT2D eigenvalue weighted by atomic mass is 10.3. The molecule has 2 N–H and O–H groups in total. The van der Waals surface area contributed by atoms with Crippen LogP contribution in [0.2, 0.25) is 0 Å². The lowest BCUT2D eigenvalue weighted by Gasteiger charge is -2.09. The highest BCUT2D eigenvalue weighted by atomic mass is 31.2. The number of benzene rings is 1. The molecule has 24 heavy (non-hydrogen) atoms. The second-order valence-electron chi connectivity index (χ2n) is 4.83. The molecule has 8 nitrogen and oxygen atoms in total. The van der Waals surface area contributed by atoms with Crippen molar-refractivity contribution in [3.63, 3.8) is 0 Å². The molecule has 0 aliphatic rings. The molecule has 0 saturated carbocycles. The van der Waals surface area contributed by atoms with Crippen LogP contribution >= 0.6 is 7.82 Å². The first-order chi connectivity index (χ1) is 11.3. The van der Waals surface area contributed by atoms with Crippen molar-refractivity contribution in [3.8, 4) is 11.5 Å². The second-order valence-corrected chi connectivity index (χ2v) is 6.06. The minimum atomic E-state index is -4.53. The first-order valence-corrected chi connectivity index (χ1v) is 8.69. The Hall–Kier alpha value is -1.86. The minimum Gasteiger partial charge on any atom is -0.494 e. The molecule has 0 radical (unpaired) electrons. The summed E-state index contributed by atoms with van der Waals surface area (Å²) in [7, 11) is -4.53. The number of unbranched alkanes of at least 4 members (excludes halogenated alkanes) is 1. The number of ether oxygens (including phenoxy) is 3. The monoisotopic (exact) mass is 360 g/mol. The Bertz CT molecular complexity index is 578. The lowest BCUT2D eigenvalue weighted by molar-refractivity contribution is -0.139. The van der Waals surface area contributed by atoms with Gasteiger partial charge in [-0.15, -0.1) is 0 Å². The van der Waals surface area contributed by atoms with E-state index in [0.29, 0.717) is 36.7 Å². The molecule has 1 rings (SSSR count). The molecule has 0 bridgehead atoms. The van der Waals surface area contributed by atoms with Gasteiger partial charge in [-0.25, -0.2) is 13.9 Å². The van der Waals surface area contributed by atoms with Crippen molar-refractivity contribution < 1.29 is 37.9 Å². The molecular formula is C15H21O8P. The molecular weight excluding hydrogens is 339 g/mol. The predicted octanol–water partition coefficient (Wildman–Crippen LogP) is 2.41. The van der Waals surface area contributed by atoms with E-state index in [0.717, 1.165) is 6.42 Å². The average molecular weight is 360 g/mol. The molecule has 0 unspecified atom stereocenters. The van der Waals surface area contributed by atoms with Crippen LogP contribution in [0, 0.1) is 0 Å². The number of esters is 1. The van der Waals surface area contributed by atoms with E-state index in [4.69, 9.17) is 24.0 Å². The molecule has 0 fully saturated rings. The van der Waals surface area contributed by atoms with Crippen LogP contribution in [0.5, 0.6) is 11.5 Å². The molecule has 0 aliphatic heterocycles. The smallest absolute Gasteiger partial charge is 0.472 e. The van der Waals surface area contributed by atoms with Gasteiger partial charge in [-0.2, -0.15) is 0 Å². The summed E-state index contributed by atoms with van der Waals surface area (Å²) in [5, 5.41) is 0. The van der Waals surface area contributed by atoms with E-state index in [9.17, 15) is 9.36 Å². The van der Waals surface area contributed by atoms with Crippen LogP contribution in [-0.4, -0.2) is 35.8 Å². The zero-order chi connectivity index (χ0) is 18.0. The fraction of sp³-hybridized carbons (Fsp3) is 0.400. The molecule has 9 heteroatoms. The summed E-state index contributed by atoms with van der Waals surface area (Å²) < 4.78 is 30.1. The highest BCUT2D eigenvalue weighted by Crippen LogP contribution is 2.35. The van der Waals surface area contributed by atoms with Crippen molar-refractivity contribution in [2.24, 2.45) is 0 Å². The van der Waals surface area contributed by atoms with Crippen LogP contribution in [0.15, 0.2) is 36.4 Å². The molecule has 0 spiro atoms. The largest absolute Gasteiger partial charge is 0.494 e. The number of hydrogen-bond acceptors (Lipinski definition) is 6. The number of hydrogen-bond donors (Lipinski definition) is 2. The Morgan fingerprint density at radius 1 is 1.08 bits per heavy atom. The van der Waals surface area contributed by atoms with Gasteiger partial charge in [0, 0.05) is 5.57 Å². The van der Waals surface area contributed by atoms with E-state index < -0.39 is 20.6 Å². The summed E-state index contributed by atoms with van der Waals surface area (Å²) in [6.07, 6.45) is 1.40. The number of phosphoric acid groups is 1. The predicted molar refractivity (Wildman–Crippen MR) is 85.6 cm³/mol. The van der Waals surface area contributed by atoms with Gasteiger partial charge < -0.3 is 24.0 Å². The fourth-order valence-corrected chi connectivity index (χ4v) is 1.67. The second kappa shape index (κ2) is 10.1. The van der Waals surface area contributed by atoms with Gasteiger partial charge >= 0.3 is 13.8 Å². The summed E-state index contributed by atoms with van der Waals surface area (Å²) in [5.74, 6) is 0.619. The van der Waals surface area contributed by atoms with Crippen molar-refractivity contribution in [2.75, 3.05) is 20.0 Å². The Labute approximate surface area is 140 Å². The first-order valence-electron chi connectivity index (χ1n) is 7.16. The maximum Gasteiger partial charge on any atom is 0.472 e. The highest BCUT2D eigenvalue weighted by Gasteiger charge is 2.13. The van der Waals surface area contributed by atoms with E-state index >= 15 is 0 Å². The molecule has 1 aromatic rings. The van der Waals surface area contributed by atoms with E-state index in [1.165, 1.54) is 0 Å². The van der Waals surface area contributed by atoms with Gasteiger partial charge in [0.1, 0.15) is 11.5 Å². The van der Waals surface area contributed by atoms with Crippen LogP contribution in [0.25, 0.3) is 0 Å². The topological polar surface area (TPSA) is 112 Å². The molecule has 0 heterocycles. The number of carbonyl (C=O) groups excluding carboxylic acids is 1. The lowest BCUT2D eigenvalue weighted by Crippen LogP contribution is -2.07. The standard InChI is InChI=1S/C15H21O8P/c1-12(2)15(16)21-10-4-3-9-20-13-5-7-14(8-6-13)22-11-23-24(17,18)19/h5-8H,1,3-4,9-11H2,2H3,(H2,17,18,19). The van der Waals surface area contributed by atoms with Crippen LogP contribution in [0.3, 0.4) is 0 Å². The zero-order valence-electron chi connectivity index (χ0n) is 13.3. The van der Waals surface area contributed by atoms with Gasteiger partial charge in [-0.1, -0.05) is 6.58 Å². The van der Waals surface area contributed by atoms with Gasteiger partial charge in [0.25, 0.3) is 0 Å². The summed E-state index contributed by atoms with van der Waals surface area (Å²) in [5.41, 5.74) is 0.375. The maximum absolute atomic E-state index is 11.1. The summed E-state index contributed by atoms with van der Waals surface area (Å²) >= 11 is 0. The normalized spacial score (nSPS) is 11.0.